The normalized spacial score (nSPS) is 11.8. The Morgan fingerprint density at radius 1 is 1.40 bits per heavy atom. The first kappa shape index (κ1) is 17.1. The second-order valence-electron chi connectivity index (χ2n) is 4.24. The van der Waals surface area contributed by atoms with Crippen LogP contribution in [0.1, 0.15) is 19.0 Å². The van der Waals surface area contributed by atoms with Gasteiger partial charge >= 0.3 is 0 Å². The van der Waals surface area contributed by atoms with Crippen LogP contribution in [0.15, 0.2) is 11.1 Å². The van der Waals surface area contributed by atoms with E-state index in [2.05, 4.69) is 15.6 Å². The first-order valence-corrected chi connectivity index (χ1v) is 7.37. The third-order valence-corrected chi connectivity index (χ3v) is 3.68. The molecule has 0 amide bonds. The number of guanidine groups is 1. The summed E-state index contributed by atoms with van der Waals surface area (Å²) in [5.74, 6) is 0.745. The Kier molecular flexibility index (Phi) is 7.80. The molecule has 1 aromatic rings. The van der Waals surface area contributed by atoms with Crippen molar-refractivity contribution >= 4 is 29.2 Å². The maximum atomic E-state index is 6.02. The molecule has 2 N–H and O–H groups in total. The molecular formula is C13H22Cl2N4O. The molecule has 0 saturated heterocycles. The molecule has 1 rings (SSSR count). The largest absolute Gasteiger partial charge is 0.382 e. The van der Waals surface area contributed by atoms with Crippen molar-refractivity contribution in [2.24, 2.45) is 12.0 Å². The van der Waals surface area contributed by atoms with Gasteiger partial charge in [0.2, 0.25) is 0 Å². The molecule has 1 heterocycles. The van der Waals surface area contributed by atoms with Gasteiger partial charge in [0.15, 0.2) is 5.96 Å². The lowest BCUT2D eigenvalue weighted by atomic mass is 10.4. The molecule has 0 unspecified atom stereocenters. The maximum Gasteiger partial charge on any atom is 0.191 e. The Labute approximate surface area is 130 Å². The minimum Gasteiger partial charge on any atom is -0.382 e. The fourth-order valence-electron chi connectivity index (χ4n) is 1.68. The monoisotopic (exact) mass is 320 g/mol. The average molecular weight is 321 g/mol. The van der Waals surface area contributed by atoms with Gasteiger partial charge in [-0.3, -0.25) is 4.99 Å². The van der Waals surface area contributed by atoms with Crippen LogP contribution < -0.4 is 10.6 Å². The van der Waals surface area contributed by atoms with Gasteiger partial charge in [-0.2, -0.15) is 0 Å². The van der Waals surface area contributed by atoms with Crippen molar-refractivity contribution in [2.45, 2.75) is 19.9 Å². The molecule has 0 fully saturated rings. The zero-order valence-corrected chi connectivity index (χ0v) is 13.7. The second kappa shape index (κ2) is 9.10. The summed E-state index contributed by atoms with van der Waals surface area (Å²) in [6.45, 7) is 4.91. The molecule has 0 aliphatic rings. The van der Waals surface area contributed by atoms with Gasteiger partial charge in [-0.15, -0.1) is 0 Å². The van der Waals surface area contributed by atoms with E-state index in [9.17, 15) is 0 Å². The summed E-state index contributed by atoms with van der Waals surface area (Å²) in [7, 11) is 3.62. The Balaban J connectivity index is 2.36. The first-order chi connectivity index (χ1) is 9.60. The fourth-order valence-corrected chi connectivity index (χ4v) is 2.09. The van der Waals surface area contributed by atoms with Crippen LogP contribution in [0.5, 0.6) is 0 Å². The van der Waals surface area contributed by atoms with Gasteiger partial charge < -0.3 is 19.9 Å². The summed E-state index contributed by atoms with van der Waals surface area (Å²) in [5, 5.41) is 7.55. The van der Waals surface area contributed by atoms with E-state index in [4.69, 9.17) is 27.9 Å². The summed E-state index contributed by atoms with van der Waals surface area (Å²) >= 11 is 12.0. The quantitative estimate of drug-likeness (QED) is 0.461. The molecule has 0 aliphatic heterocycles. The van der Waals surface area contributed by atoms with Gasteiger partial charge in [0.1, 0.15) is 5.15 Å². The summed E-state index contributed by atoms with van der Waals surface area (Å²) < 4.78 is 7.12. The minimum absolute atomic E-state index is 0.545. The number of aromatic nitrogens is 1. The highest BCUT2D eigenvalue weighted by atomic mass is 35.5. The van der Waals surface area contributed by atoms with Crippen molar-refractivity contribution in [3.05, 3.63) is 21.9 Å². The smallest absolute Gasteiger partial charge is 0.191 e. The summed E-state index contributed by atoms with van der Waals surface area (Å²) in [6, 6.07) is 1.85. The molecule has 1 aromatic heterocycles. The van der Waals surface area contributed by atoms with Crippen LogP contribution >= 0.6 is 23.2 Å². The van der Waals surface area contributed by atoms with Gasteiger partial charge in [-0.25, -0.2) is 0 Å². The molecule has 0 aliphatic carbocycles. The zero-order valence-electron chi connectivity index (χ0n) is 12.2. The maximum absolute atomic E-state index is 6.02. The molecular weight excluding hydrogens is 299 g/mol. The topological polar surface area (TPSA) is 50.6 Å². The van der Waals surface area contributed by atoms with E-state index >= 15 is 0 Å². The second-order valence-corrected chi connectivity index (χ2v) is 5.00. The number of halogens is 2. The summed E-state index contributed by atoms with van der Waals surface area (Å²) in [6.07, 6.45) is 0.941. The number of hydrogen-bond donors (Lipinski definition) is 2. The standard InChI is InChI=1S/C13H22Cl2N4O/c1-4-20-7-5-6-17-13(16-2)18-9-10-8-11(14)12(15)19(10)3/h8H,4-7,9H2,1-3H3,(H2,16,17,18). The van der Waals surface area contributed by atoms with Gasteiger partial charge in [-0.05, 0) is 19.4 Å². The highest BCUT2D eigenvalue weighted by Gasteiger charge is 2.09. The third kappa shape index (κ3) is 5.23. The predicted octanol–water partition coefficient (Wildman–Crippen LogP) is 2.42. The van der Waals surface area contributed by atoms with Crippen LogP contribution in [0.2, 0.25) is 10.2 Å². The molecule has 0 bridgehead atoms. The molecule has 0 saturated carbocycles. The van der Waals surface area contributed by atoms with Crippen molar-refractivity contribution < 1.29 is 4.74 Å². The number of nitrogens with one attached hydrogen (secondary N) is 2. The Morgan fingerprint density at radius 2 is 2.15 bits per heavy atom. The van der Waals surface area contributed by atoms with E-state index in [1.165, 1.54) is 0 Å². The van der Waals surface area contributed by atoms with E-state index < -0.39 is 0 Å². The molecule has 7 heteroatoms. The zero-order chi connectivity index (χ0) is 15.0. The van der Waals surface area contributed by atoms with Crippen LogP contribution in [0.3, 0.4) is 0 Å². The van der Waals surface area contributed by atoms with Crippen molar-refractivity contribution in [1.82, 2.24) is 15.2 Å². The van der Waals surface area contributed by atoms with Crippen LogP contribution in [0.25, 0.3) is 0 Å². The van der Waals surface area contributed by atoms with Crippen molar-refractivity contribution in [1.29, 1.82) is 0 Å². The minimum atomic E-state index is 0.545. The number of ether oxygens (including phenoxy) is 1. The van der Waals surface area contributed by atoms with Gasteiger partial charge in [0, 0.05) is 39.5 Å². The Morgan fingerprint density at radius 3 is 2.70 bits per heavy atom. The lowest BCUT2D eigenvalue weighted by Gasteiger charge is -2.12. The van der Waals surface area contributed by atoms with E-state index in [0.29, 0.717) is 16.7 Å². The average Bonchev–Trinajstić information content (AvgIpc) is 2.69. The third-order valence-electron chi connectivity index (χ3n) is 2.84. The number of nitrogens with zero attached hydrogens (tertiary/aromatic N) is 2. The van der Waals surface area contributed by atoms with E-state index in [0.717, 1.165) is 37.8 Å². The van der Waals surface area contributed by atoms with Crippen LogP contribution in [0.4, 0.5) is 0 Å². The fraction of sp³-hybridized carbons (Fsp3) is 0.615. The van der Waals surface area contributed by atoms with Crippen LogP contribution in [-0.4, -0.2) is 37.3 Å². The van der Waals surface area contributed by atoms with Crippen LogP contribution in [0, 0.1) is 0 Å². The van der Waals surface area contributed by atoms with E-state index in [1.807, 2.05) is 24.6 Å². The number of rotatable bonds is 7. The molecule has 0 atom stereocenters. The van der Waals surface area contributed by atoms with Gasteiger partial charge in [-0.1, -0.05) is 23.2 Å². The molecule has 5 nitrogen and oxygen atoms in total. The number of aliphatic imine (C=N–C) groups is 1. The van der Waals surface area contributed by atoms with Crippen molar-refractivity contribution in [3.63, 3.8) is 0 Å². The van der Waals surface area contributed by atoms with Gasteiger partial charge in [0.25, 0.3) is 0 Å². The Bertz CT molecular complexity index is 446. The van der Waals surface area contributed by atoms with Gasteiger partial charge in [0.05, 0.1) is 11.6 Å². The summed E-state index contributed by atoms with van der Waals surface area (Å²) in [5.41, 5.74) is 0.997. The Hall–Kier alpha value is -0.910. The molecule has 114 valence electrons. The van der Waals surface area contributed by atoms with Crippen molar-refractivity contribution in [2.75, 3.05) is 26.8 Å². The SMILES string of the molecule is CCOCCCNC(=NC)NCc1cc(Cl)c(Cl)n1C. The van der Waals surface area contributed by atoms with Crippen molar-refractivity contribution in [3.8, 4) is 0 Å². The summed E-state index contributed by atoms with van der Waals surface area (Å²) in [4.78, 5) is 4.16. The van der Waals surface area contributed by atoms with Crippen LogP contribution in [-0.2, 0) is 18.3 Å². The highest BCUT2D eigenvalue weighted by molar-refractivity contribution is 6.41. The molecule has 0 spiro atoms. The van der Waals surface area contributed by atoms with E-state index in [1.54, 1.807) is 7.05 Å². The molecule has 0 aromatic carbocycles. The highest BCUT2D eigenvalue weighted by Crippen LogP contribution is 2.24. The lowest BCUT2D eigenvalue weighted by molar-refractivity contribution is 0.145. The molecule has 0 radical (unpaired) electrons. The first-order valence-electron chi connectivity index (χ1n) is 6.62. The predicted molar refractivity (Wildman–Crippen MR) is 84.7 cm³/mol. The lowest BCUT2D eigenvalue weighted by Crippen LogP contribution is -2.37. The van der Waals surface area contributed by atoms with E-state index in [-0.39, 0.29) is 0 Å². The number of hydrogen-bond acceptors (Lipinski definition) is 2. The molecule has 20 heavy (non-hydrogen) atoms.